The summed E-state index contributed by atoms with van der Waals surface area (Å²) in [5.41, 5.74) is 0. The van der Waals surface area contributed by atoms with E-state index in [-0.39, 0.29) is 0 Å². The fourth-order valence-corrected chi connectivity index (χ4v) is 6.45. The molecule has 1 rings (SSSR count). The maximum absolute atomic E-state index is 9.35. The summed E-state index contributed by atoms with van der Waals surface area (Å²) in [6.07, 6.45) is 38.8. The minimum absolute atomic E-state index is 0.334. The van der Waals surface area contributed by atoms with Crippen LogP contribution >= 0.6 is 0 Å². The van der Waals surface area contributed by atoms with Crippen LogP contribution in [0.4, 0.5) is 0 Å². The maximum Gasteiger partial charge on any atom is 0.0623 e. The Hall–Kier alpha value is -0.120. The Labute approximate surface area is 240 Å². The Kier molecular flexibility index (Phi) is 26.8. The first-order valence-electron chi connectivity index (χ1n) is 17.9. The third-order valence-electron chi connectivity index (χ3n) is 8.99. The molecule has 0 radical (unpaired) electrons. The highest BCUT2D eigenvalue weighted by Crippen LogP contribution is 2.22. The summed E-state index contributed by atoms with van der Waals surface area (Å²) in [7, 11) is 0. The van der Waals surface area contributed by atoms with E-state index in [0.29, 0.717) is 12.8 Å². The first-order chi connectivity index (χ1) is 18.8. The van der Waals surface area contributed by atoms with Gasteiger partial charge in [0.15, 0.2) is 0 Å². The molecule has 1 saturated heterocycles. The van der Waals surface area contributed by atoms with E-state index in [1.54, 1.807) is 0 Å². The van der Waals surface area contributed by atoms with E-state index < -0.39 is 0 Å². The first kappa shape index (κ1) is 35.9. The molecule has 0 aromatic carbocycles. The van der Waals surface area contributed by atoms with E-state index in [1.807, 2.05) is 0 Å². The zero-order valence-electron chi connectivity index (χ0n) is 26.5. The average Bonchev–Trinajstić information content (AvgIpc) is 3.31. The summed E-state index contributed by atoms with van der Waals surface area (Å²) >= 11 is 0. The molecule has 1 heterocycles. The minimum Gasteiger partial charge on any atom is -0.396 e. The van der Waals surface area contributed by atoms with Crippen LogP contribution < -0.4 is 0 Å². The molecular weight excluding hydrogens is 464 g/mol. The molecule has 0 aromatic heterocycles. The Morgan fingerprint density at radius 2 is 0.737 bits per heavy atom. The number of hydrogen-bond acceptors (Lipinski definition) is 3. The predicted molar refractivity (Wildman–Crippen MR) is 170 cm³/mol. The van der Waals surface area contributed by atoms with Crippen molar-refractivity contribution in [1.29, 1.82) is 0 Å². The van der Waals surface area contributed by atoms with Gasteiger partial charge in [-0.05, 0) is 25.8 Å². The van der Waals surface area contributed by atoms with Crippen molar-refractivity contribution in [3.05, 3.63) is 0 Å². The van der Waals surface area contributed by atoms with Gasteiger partial charge in [-0.2, -0.15) is 0 Å². The monoisotopic (exact) mass is 537 g/mol. The topological polar surface area (TPSA) is 26.7 Å². The third-order valence-corrected chi connectivity index (χ3v) is 8.99. The van der Waals surface area contributed by atoms with Crippen molar-refractivity contribution in [1.82, 2.24) is 9.80 Å². The molecule has 0 saturated carbocycles. The lowest BCUT2D eigenvalue weighted by Crippen LogP contribution is -2.39. The second-order valence-corrected chi connectivity index (χ2v) is 12.6. The summed E-state index contributed by atoms with van der Waals surface area (Å²) in [5.74, 6) is 0. The highest BCUT2D eigenvalue weighted by atomic mass is 16.3. The molecule has 1 fully saturated rings. The minimum atomic E-state index is 0.334. The van der Waals surface area contributed by atoms with Gasteiger partial charge >= 0.3 is 0 Å². The predicted octanol–water partition coefficient (Wildman–Crippen LogP) is 10.5. The number of nitrogens with zero attached hydrogens (tertiary/aromatic N) is 2. The van der Waals surface area contributed by atoms with Gasteiger partial charge in [0.1, 0.15) is 0 Å². The molecule has 3 nitrogen and oxygen atoms in total. The molecule has 0 aromatic rings. The summed E-state index contributed by atoms with van der Waals surface area (Å²) in [6.45, 7) is 9.76. The zero-order valence-corrected chi connectivity index (χ0v) is 26.5. The maximum atomic E-state index is 9.35. The van der Waals surface area contributed by atoms with Crippen LogP contribution in [0.5, 0.6) is 0 Å². The van der Waals surface area contributed by atoms with E-state index in [2.05, 4.69) is 23.6 Å². The van der Waals surface area contributed by atoms with Gasteiger partial charge < -0.3 is 5.11 Å². The largest absolute Gasteiger partial charge is 0.396 e. The average molecular weight is 537 g/mol. The lowest BCUT2D eigenvalue weighted by molar-refractivity contribution is 0.115. The van der Waals surface area contributed by atoms with E-state index in [9.17, 15) is 5.11 Å². The van der Waals surface area contributed by atoms with Crippen LogP contribution in [0, 0.1) is 0 Å². The fourth-order valence-electron chi connectivity index (χ4n) is 6.45. The van der Waals surface area contributed by atoms with Crippen LogP contribution in [0.15, 0.2) is 0 Å². The van der Waals surface area contributed by atoms with Crippen molar-refractivity contribution in [2.75, 3.05) is 32.8 Å². The molecule has 3 heteroatoms. The molecule has 228 valence electrons. The number of rotatable bonds is 30. The van der Waals surface area contributed by atoms with Gasteiger partial charge in [0.05, 0.1) is 6.17 Å². The van der Waals surface area contributed by atoms with Crippen LogP contribution in [0.2, 0.25) is 0 Å². The van der Waals surface area contributed by atoms with Crippen molar-refractivity contribution < 1.29 is 5.11 Å². The Balaban J connectivity index is 2.02. The number of aliphatic hydroxyl groups is 1. The zero-order chi connectivity index (χ0) is 27.4. The third kappa shape index (κ3) is 20.7. The Morgan fingerprint density at radius 3 is 1.11 bits per heavy atom. The second-order valence-electron chi connectivity index (χ2n) is 12.6. The van der Waals surface area contributed by atoms with Crippen molar-refractivity contribution >= 4 is 0 Å². The van der Waals surface area contributed by atoms with Gasteiger partial charge in [0.25, 0.3) is 0 Å². The van der Waals surface area contributed by atoms with Gasteiger partial charge in [-0.3, -0.25) is 9.80 Å². The van der Waals surface area contributed by atoms with E-state index >= 15 is 0 Å². The van der Waals surface area contributed by atoms with E-state index in [1.165, 1.54) is 187 Å². The molecule has 0 aliphatic carbocycles. The number of aliphatic hydroxyl groups excluding tert-OH is 1. The van der Waals surface area contributed by atoms with E-state index in [4.69, 9.17) is 0 Å². The molecule has 1 aliphatic rings. The SMILES string of the molecule is CCCCCCCCCCCCCCCCCCN1CCN(CCCO)C1CCCCCCCCCCC. The number of hydrogen-bond donors (Lipinski definition) is 1. The second kappa shape index (κ2) is 28.4. The molecule has 0 spiro atoms. The van der Waals surface area contributed by atoms with Crippen LogP contribution in [-0.4, -0.2) is 53.9 Å². The fraction of sp³-hybridized carbons (Fsp3) is 1.00. The molecule has 0 amide bonds. The van der Waals surface area contributed by atoms with Crippen molar-refractivity contribution in [2.45, 2.75) is 193 Å². The Morgan fingerprint density at radius 1 is 0.421 bits per heavy atom. The van der Waals surface area contributed by atoms with Gasteiger partial charge in [-0.25, -0.2) is 0 Å². The van der Waals surface area contributed by atoms with E-state index in [0.717, 1.165) is 13.0 Å². The summed E-state index contributed by atoms with van der Waals surface area (Å²) in [4.78, 5) is 5.46. The molecule has 1 atom stereocenters. The molecule has 0 bridgehead atoms. The first-order valence-corrected chi connectivity index (χ1v) is 17.9. The highest BCUT2D eigenvalue weighted by Gasteiger charge is 2.30. The quantitative estimate of drug-likeness (QED) is 0.0925. The molecule has 1 unspecified atom stereocenters. The molecule has 38 heavy (non-hydrogen) atoms. The lowest BCUT2D eigenvalue weighted by atomic mass is 10.0. The van der Waals surface area contributed by atoms with Crippen LogP contribution in [-0.2, 0) is 0 Å². The Bertz CT molecular complexity index is 457. The van der Waals surface area contributed by atoms with Crippen molar-refractivity contribution in [3.63, 3.8) is 0 Å². The standard InChI is InChI=1S/C35H72N2O/c1-3-5-7-9-11-13-14-15-16-17-18-19-21-23-25-27-30-36-32-33-37(31-28-34-38)35(36)29-26-24-22-20-12-10-8-6-4-2/h35,38H,3-34H2,1-2H3. The van der Waals surface area contributed by atoms with Gasteiger partial charge in [-0.15, -0.1) is 0 Å². The van der Waals surface area contributed by atoms with Gasteiger partial charge in [0.2, 0.25) is 0 Å². The summed E-state index contributed by atoms with van der Waals surface area (Å²) in [6, 6.07) is 0. The van der Waals surface area contributed by atoms with Crippen LogP contribution in [0.1, 0.15) is 187 Å². The number of unbranched alkanes of at least 4 members (excludes halogenated alkanes) is 23. The molecule has 1 N–H and O–H groups in total. The normalized spacial score (nSPS) is 16.7. The summed E-state index contributed by atoms with van der Waals surface area (Å²) in [5, 5.41) is 9.35. The lowest BCUT2D eigenvalue weighted by Gasteiger charge is -2.30. The smallest absolute Gasteiger partial charge is 0.0623 e. The van der Waals surface area contributed by atoms with Crippen molar-refractivity contribution in [2.24, 2.45) is 0 Å². The summed E-state index contributed by atoms with van der Waals surface area (Å²) < 4.78 is 0. The van der Waals surface area contributed by atoms with Crippen LogP contribution in [0.25, 0.3) is 0 Å². The van der Waals surface area contributed by atoms with Gasteiger partial charge in [-0.1, -0.05) is 168 Å². The van der Waals surface area contributed by atoms with Crippen LogP contribution in [0.3, 0.4) is 0 Å². The highest BCUT2D eigenvalue weighted by molar-refractivity contribution is 4.82. The van der Waals surface area contributed by atoms with Gasteiger partial charge in [0, 0.05) is 26.2 Å². The van der Waals surface area contributed by atoms with Crippen molar-refractivity contribution in [3.8, 4) is 0 Å². The molecule has 1 aliphatic heterocycles. The molecular formula is C35H72N2O.